The first-order valence-electron chi connectivity index (χ1n) is 6.84. The molecule has 0 saturated carbocycles. The molecule has 0 heterocycles. The molecule has 0 unspecified atom stereocenters. The second kappa shape index (κ2) is 6.30. The second-order valence-corrected chi connectivity index (χ2v) is 7.21. The Kier molecular flexibility index (Phi) is 4.43. The summed E-state index contributed by atoms with van der Waals surface area (Å²) in [6.45, 7) is 0. The second-order valence-electron chi connectivity index (χ2n) is 4.96. The van der Waals surface area contributed by atoms with Gasteiger partial charge >= 0.3 is 146 Å². The number of halogens is 1. The van der Waals surface area contributed by atoms with Crippen LogP contribution in [0.4, 0.5) is 0 Å². The molecule has 3 aromatic carbocycles. The average molecular weight is 369 g/mol. The van der Waals surface area contributed by atoms with Crippen LogP contribution in [-0.2, 0) is 27.8 Å². The fourth-order valence-electron chi connectivity index (χ4n) is 2.62. The van der Waals surface area contributed by atoms with Crippen LogP contribution in [0.1, 0.15) is 16.7 Å². The summed E-state index contributed by atoms with van der Waals surface area (Å²) < 4.78 is -0.173. The van der Waals surface area contributed by atoms with Crippen LogP contribution in [0.2, 0.25) is 5.02 Å². The van der Waals surface area contributed by atoms with Crippen LogP contribution in [0.5, 0.6) is 0 Å². The van der Waals surface area contributed by atoms with Gasteiger partial charge < -0.3 is 0 Å². The monoisotopic (exact) mass is 367 g/mol. The maximum atomic E-state index is 6.52. The first-order valence-corrected chi connectivity index (χ1v) is 8.44. The molecule has 0 aliphatic carbocycles. The van der Waals surface area contributed by atoms with E-state index < -0.39 is 0 Å². The van der Waals surface area contributed by atoms with Gasteiger partial charge in [-0.25, -0.2) is 0 Å². The van der Waals surface area contributed by atoms with E-state index in [0.29, 0.717) is 0 Å². The average Bonchev–Trinajstić information content (AvgIpc) is 2.56. The van der Waals surface area contributed by atoms with Gasteiger partial charge in [-0.1, -0.05) is 0 Å². The Morgan fingerprint density at radius 1 is 0.619 bits per heavy atom. The van der Waals surface area contributed by atoms with Crippen molar-refractivity contribution in [2.75, 3.05) is 0 Å². The van der Waals surface area contributed by atoms with Crippen molar-refractivity contribution in [1.82, 2.24) is 0 Å². The molecule has 0 radical (unpaired) electrons. The Hall–Kier alpha value is -1.17. The molecule has 3 rings (SSSR count). The number of hydrogen-bond acceptors (Lipinski definition) is 0. The zero-order valence-corrected chi connectivity index (χ0v) is 14.7. The van der Waals surface area contributed by atoms with Crippen LogP contribution in [-0.4, -0.2) is 0 Å². The summed E-state index contributed by atoms with van der Waals surface area (Å²) in [5.41, 5.74) is 3.73. The third kappa shape index (κ3) is 2.78. The van der Waals surface area contributed by atoms with Crippen LogP contribution in [0, 0.1) is 0 Å². The molecule has 0 aromatic heterocycles. The van der Waals surface area contributed by atoms with Crippen LogP contribution in [0.15, 0.2) is 84.9 Å². The molecule has 3 aromatic rings. The molecule has 0 aliphatic rings. The summed E-state index contributed by atoms with van der Waals surface area (Å²) in [4.78, 5) is 0. The number of benzene rings is 3. The Morgan fingerprint density at radius 2 is 1.05 bits per heavy atom. The van der Waals surface area contributed by atoms with Crippen LogP contribution in [0.25, 0.3) is 0 Å². The molecule has 0 N–H and O–H groups in total. The SMILES string of the molecule is Clc1ccccc1[C]([Zr])(c1ccccc1)c1ccccc1. The maximum absolute atomic E-state index is 6.52. The van der Waals surface area contributed by atoms with E-state index >= 15 is 0 Å². The van der Waals surface area contributed by atoms with E-state index in [2.05, 4.69) is 72.8 Å². The summed E-state index contributed by atoms with van der Waals surface area (Å²) in [5, 5.41) is 0.821. The normalized spacial score (nSPS) is 11.2. The molecule has 101 valence electrons. The summed E-state index contributed by atoms with van der Waals surface area (Å²) in [6, 6.07) is 29.4. The molecular formula is C19H14ClZr. The first-order chi connectivity index (χ1) is 10.2. The zero-order chi connectivity index (χ0) is 14.7. The van der Waals surface area contributed by atoms with Gasteiger partial charge in [0.1, 0.15) is 0 Å². The van der Waals surface area contributed by atoms with Crippen LogP contribution < -0.4 is 0 Å². The summed E-state index contributed by atoms with van der Waals surface area (Å²) in [7, 11) is 0. The van der Waals surface area contributed by atoms with Crippen molar-refractivity contribution in [3.63, 3.8) is 0 Å². The van der Waals surface area contributed by atoms with Gasteiger partial charge in [0.25, 0.3) is 0 Å². The van der Waals surface area contributed by atoms with E-state index in [-0.39, 0.29) is 3.12 Å². The van der Waals surface area contributed by atoms with Gasteiger partial charge in [-0.05, 0) is 0 Å². The Bertz CT molecular complexity index is 683. The third-order valence-corrected chi connectivity index (χ3v) is 6.10. The van der Waals surface area contributed by atoms with E-state index in [9.17, 15) is 0 Å². The molecule has 0 saturated heterocycles. The predicted molar refractivity (Wildman–Crippen MR) is 84.2 cm³/mol. The molecular weight excluding hydrogens is 355 g/mol. The molecule has 0 bridgehead atoms. The van der Waals surface area contributed by atoms with Gasteiger partial charge in [-0.2, -0.15) is 0 Å². The fraction of sp³-hybridized carbons (Fsp3) is 0.0526. The van der Waals surface area contributed by atoms with E-state index in [4.69, 9.17) is 11.6 Å². The molecule has 2 heteroatoms. The minimum absolute atomic E-state index is 0.173. The number of rotatable bonds is 3. The first kappa shape index (κ1) is 14.8. The molecule has 21 heavy (non-hydrogen) atoms. The van der Waals surface area contributed by atoms with Gasteiger partial charge in [0, 0.05) is 0 Å². The molecule has 0 aliphatic heterocycles. The minimum atomic E-state index is -0.173. The topological polar surface area (TPSA) is 0 Å². The summed E-state index contributed by atoms with van der Waals surface area (Å²) in [6.07, 6.45) is 0. The molecule has 0 fully saturated rings. The Balaban J connectivity index is 2.29. The van der Waals surface area contributed by atoms with E-state index in [1.54, 1.807) is 0 Å². The standard InChI is InChI=1S/C19H14Cl.Zr/c20-18-14-8-7-13-17(18)19(15-9-3-1-4-10-15)16-11-5-2-6-12-16;/h1-14H;. The molecule has 0 nitrogen and oxygen atoms in total. The third-order valence-electron chi connectivity index (χ3n) is 3.69. The van der Waals surface area contributed by atoms with E-state index in [0.717, 1.165) is 5.02 Å². The van der Waals surface area contributed by atoms with Crippen molar-refractivity contribution in [3.8, 4) is 0 Å². The van der Waals surface area contributed by atoms with Crippen LogP contribution >= 0.6 is 11.6 Å². The van der Waals surface area contributed by atoms with Crippen molar-refractivity contribution < 1.29 is 24.7 Å². The molecule has 0 atom stereocenters. The Labute approximate surface area is 145 Å². The van der Waals surface area contributed by atoms with Gasteiger partial charge in [0.05, 0.1) is 0 Å². The number of hydrogen-bond donors (Lipinski definition) is 0. The van der Waals surface area contributed by atoms with Crippen LogP contribution in [0.3, 0.4) is 0 Å². The van der Waals surface area contributed by atoms with E-state index in [1.807, 2.05) is 12.1 Å². The fourth-order valence-corrected chi connectivity index (χ4v) is 4.45. The predicted octanol–water partition coefficient (Wildman–Crippen LogP) is 5.18. The van der Waals surface area contributed by atoms with Crippen molar-refractivity contribution >= 4 is 11.6 Å². The van der Waals surface area contributed by atoms with E-state index in [1.165, 1.54) is 41.4 Å². The summed E-state index contributed by atoms with van der Waals surface area (Å²) in [5.74, 6) is 0. The Morgan fingerprint density at radius 3 is 1.52 bits per heavy atom. The van der Waals surface area contributed by atoms with Crippen molar-refractivity contribution in [1.29, 1.82) is 0 Å². The van der Waals surface area contributed by atoms with Gasteiger partial charge in [-0.15, -0.1) is 0 Å². The van der Waals surface area contributed by atoms with Crippen molar-refractivity contribution in [2.45, 2.75) is 3.12 Å². The molecule has 0 amide bonds. The van der Waals surface area contributed by atoms with Gasteiger partial charge in [0.15, 0.2) is 0 Å². The summed E-state index contributed by atoms with van der Waals surface area (Å²) >= 11 is 7.92. The zero-order valence-electron chi connectivity index (χ0n) is 11.5. The quantitative estimate of drug-likeness (QED) is 0.559. The van der Waals surface area contributed by atoms with Gasteiger partial charge in [-0.3, -0.25) is 0 Å². The van der Waals surface area contributed by atoms with Crippen molar-refractivity contribution in [3.05, 3.63) is 107 Å². The van der Waals surface area contributed by atoms with Crippen molar-refractivity contribution in [2.24, 2.45) is 0 Å². The van der Waals surface area contributed by atoms with Gasteiger partial charge in [0.2, 0.25) is 0 Å². The molecule has 0 spiro atoms.